The van der Waals surface area contributed by atoms with E-state index in [9.17, 15) is 4.79 Å². The maximum atomic E-state index is 11.6. The molecule has 1 unspecified atom stereocenters. The lowest BCUT2D eigenvalue weighted by Crippen LogP contribution is -2.36. The van der Waals surface area contributed by atoms with Crippen LogP contribution in [0.1, 0.15) is 20.3 Å². The van der Waals surface area contributed by atoms with Crippen molar-refractivity contribution in [1.29, 1.82) is 0 Å². The van der Waals surface area contributed by atoms with E-state index in [1.54, 1.807) is 12.1 Å². The normalized spacial score (nSPS) is 12.5. The molecular formula is C12H18N2O2. The molecule has 1 amide bonds. The largest absolute Gasteiger partial charge is 0.508 e. The third-order valence-corrected chi connectivity index (χ3v) is 2.20. The standard InChI is InChI=1S/C12H18N2O2/c1-8(2)7-11(13)12(16)14-9-3-5-10(15)6-4-9/h3-6,8,11,15H,7,13H2,1-2H3,(H,14,16). The number of carbonyl (C=O) groups excluding carboxylic acids is 1. The second-order valence-corrected chi connectivity index (χ2v) is 4.27. The first-order chi connectivity index (χ1) is 7.49. The Labute approximate surface area is 95.5 Å². The van der Waals surface area contributed by atoms with Crippen LogP contribution in [0.3, 0.4) is 0 Å². The maximum Gasteiger partial charge on any atom is 0.241 e. The molecule has 16 heavy (non-hydrogen) atoms. The van der Waals surface area contributed by atoms with E-state index in [0.717, 1.165) is 0 Å². The first-order valence-corrected chi connectivity index (χ1v) is 5.34. The lowest BCUT2D eigenvalue weighted by atomic mass is 10.0. The minimum Gasteiger partial charge on any atom is -0.508 e. The molecule has 4 N–H and O–H groups in total. The van der Waals surface area contributed by atoms with Gasteiger partial charge in [-0.05, 0) is 36.6 Å². The number of phenolic OH excluding ortho intramolecular Hbond substituents is 1. The highest BCUT2D eigenvalue weighted by Gasteiger charge is 2.14. The van der Waals surface area contributed by atoms with Crippen LogP contribution < -0.4 is 11.1 Å². The van der Waals surface area contributed by atoms with Crippen molar-refractivity contribution in [2.75, 3.05) is 5.32 Å². The molecule has 0 aromatic heterocycles. The predicted molar refractivity (Wildman–Crippen MR) is 64.2 cm³/mol. The quantitative estimate of drug-likeness (QED) is 0.679. The number of anilines is 1. The SMILES string of the molecule is CC(C)CC(N)C(=O)Nc1ccc(O)cc1. The Kier molecular flexibility index (Phi) is 4.31. The summed E-state index contributed by atoms with van der Waals surface area (Å²) in [7, 11) is 0. The summed E-state index contributed by atoms with van der Waals surface area (Å²) in [6, 6.07) is 5.81. The van der Waals surface area contributed by atoms with Gasteiger partial charge in [0, 0.05) is 5.69 Å². The van der Waals surface area contributed by atoms with Crippen molar-refractivity contribution in [2.45, 2.75) is 26.3 Å². The zero-order valence-electron chi connectivity index (χ0n) is 9.60. The van der Waals surface area contributed by atoms with Gasteiger partial charge in [-0.3, -0.25) is 4.79 Å². The fourth-order valence-corrected chi connectivity index (χ4v) is 1.39. The van der Waals surface area contributed by atoms with E-state index in [2.05, 4.69) is 5.32 Å². The Balaban J connectivity index is 2.54. The van der Waals surface area contributed by atoms with Crippen LogP contribution in [0.5, 0.6) is 5.75 Å². The van der Waals surface area contributed by atoms with E-state index < -0.39 is 6.04 Å². The summed E-state index contributed by atoms with van der Waals surface area (Å²) in [5.74, 6) is 0.365. The van der Waals surface area contributed by atoms with Gasteiger partial charge in [-0.2, -0.15) is 0 Å². The number of carbonyl (C=O) groups is 1. The zero-order valence-corrected chi connectivity index (χ0v) is 9.60. The second kappa shape index (κ2) is 5.51. The molecule has 0 fully saturated rings. The molecule has 0 spiro atoms. The summed E-state index contributed by atoms with van der Waals surface area (Å²) in [6.07, 6.45) is 0.657. The van der Waals surface area contributed by atoms with Crippen molar-refractivity contribution in [2.24, 2.45) is 11.7 Å². The van der Waals surface area contributed by atoms with Crippen molar-refractivity contribution in [1.82, 2.24) is 0 Å². The monoisotopic (exact) mass is 222 g/mol. The van der Waals surface area contributed by atoms with E-state index in [4.69, 9.17) is 10.8 Å². The number of benzene rings is 1. The number of hydrogen-bond acceptors (Lipinski definition) is 3. The molecule has 0 saturated heterocycles. The molecule has 0 aliphatic heterocycles. The first-order valence-electron chi connectivity index (χ1n) is 5.34. The van der Waals surface area contributed by atoms with Gasteiger partial charge < -0.3 is 16.2 Å². The average Bonchev–Trinajstić information content (AvgIpc) is 2.20. The lowest BCUT2D eigenvalue weighted by molar-refractivity contribution is -0.117. The van der Waals surface area contributed by atoms with Crippen LogP contribution in [0.4, 0.5) is 5.69 Å². The molecule has 0 radical (unpaired) electrons. The molecular weight excluding hydrogens is 204 g/mol. The molecule has 0 aliphatic rings. The number of rotatable bonds is 4. The van der Waals surface area contributed by atoms with E-state index in [0.29, 0.717) is 18.0 Å². The van der Waals surface area contributed by atoms with Crippen LogP contribution in [0.15, 0.2) is 24.3 Å². The Morgan fingerprint density at radius 2 is 1.94 bits per heavy atom. The highest BCUT2D eigenvalue weighted by Crippen LogP contribution is 2.14. The average molecular weight is 222 g/mol. The van der Waals surface area contributed by atoms with Crippen LogP contribution >= 0.6 is 0 Å². The van der Waals surface area contributed by atoms with Crippen molar-refractivity contribution >= 4 is 11.6 Å². The molecule has 1 aromatic carbocycles. The third kappa shape index (κ3) is 3.90. The van der Waals surface area contributed by atoms with Crippen LogP contribution in [-0.2, 0) is 4.79 Å². The van der Waals surface area contributed by atoms with Crippen LogP contribution in [0.25, 0.3) is 0 Å². The van der Waals surface area contributed by atoms with E-state index in [1.807, 2.05) is 13.8 Å². The van der Waals surface area contributed by atoms with Gasteiger partial charge in [-0.15, -0.1) is 0 Å². The number of nitrogens with one attached hydrogen (secondary N) is 1. The van der Waals surface area contributed by atoms with Gasteiger partial charge in [-0.25, -0.2) is 0 Å². The van der Waals surface area contributed by atoms with Gasteiger partial charge in [0.05, 0.1) is 6.04 Å². The molecule has 0 aliphatic carbocycles. The summed E-state index contributed by atoms with van der Waals surface area (Å²) in [6.45, 7) is 4.04. The molecule has 1 rings (SSSR count). The molecule has 4 heteroatoms. The van der Waals surface area contributed by atoms with Gasteiger partial charge in [0.1, 0.15) is 5.75 Å². The summed E-state index contributed by atoms with van der Waals surface area (Å²) in [5.41, 5.74) is 6.38. The van der Waals surface area contributed by atoms with Crippen molar-refractivity contribution in [3.63, 3.8) is 0 Å². The Hall–Kier alpha value is -1.55. The van der Waals surface area contributed by atoms with Gasteiger partial charge in [0.2, 0.25) is 5.91 Å². The van der Waals surface area contributed by atoms with Crippen LogP contribution in [0, 0.1) is 5.92 Å². The number of hydrogen-bond donors (Lipinski definition) is 3. The fraction of sp³-hybridized carbons (Fsp3) is 0.417. The Morgan fingerprint density at radius 3 is 2.44 bits per heavy atom. The lowest BCUT2D eigenvalue weighted by Gasteiger charge is -2.14. The summed E-state index contributed by atoms with van der Waals surface area (Å²) < 4.78 is 0. The molecule has 0 saturated carbocycles. The number of nitrogens with two attached hydrogens (primary N) is 1. The van der Waals surface area contributed by atoms with Gasteiger partial charge >= 0.3 is 0 Å². The van der Waals surface area contributed by atoms with Gasteiger partial charge in [0.25, 0.3) is 0 Å². The number of aromatic hydroxyl groups is 1. The zero-order chi connectivity index (χ0) is 12.1. The number of phenols is 1. The summed E-state index contributed by atoms with van der Waals surface area (Å²) in [5, 5.41) is 11.8. The number of amides is 1. The molecule has 4 nitrogen and oxygen atoms in total. The van der Waals surface area contributed by atoms with Gasteiger partial charge in [0.15, 0.2) is 0 Å². The molecule has 1 aromatic rings. The van der Waals surface area contributed by atoms with E-state index in [1.165, 1.54) is 12.1 Å². The van der Waals surface area contributed by atoms with Crippen molar-refractivity contribution in [3.05, 3.63) is 24.3 Å². The van der Waals surface area contributed by atoms with Crippen molar-refractivity contribution in [3.8, 4) is 5.75 Å². The molecule has 0 heterocycles. The minimum absolute atomic E-state index is 0.171. The topological polar surface area (TPSA) is 75.4 Å². The molecule has 0 bridgehead atoms. The fourth-order valence-electron chi connectivity index (χ4n) is 1.39. The van der Waals surface area contributed by atoms with Crippen molar-refractivity contribution < 1.29 is 9.90 Å². The Bertz CT molecular complexity index is 347. The first kappa shape index (κ1) is 12.5. The third-order valence-electron chi connectivity index (χ3n) is 2.20. The Morgan fingerprint density at radius 1 is 1.38 bits per heavy atom. The highest BCUT2D eigenvalue weighted by atomic mass is 16.3. The molecule has 88 valence electrons. The van der Waals surface area contributed by atoms with E-state index >= 15 is 0 Å². The minimum atomic E-state index is -0.492. The van der Waals surface area contributed by atoms with Gasteiger partial charge in [-0.1, -0.05) is 13.8 Å². The summed E-state index contributed by atoms with van der Waals surface area (Å²) >= 11 is 0. The highest BCUT2D eigenvalue weighted by molar-refractivity contribution is 5.94. The van der Waals surface area contributed by atoms with Crippen LogP contribution in [-0.4, -0.2) is 17.1 Å². The summed E-state index contributed by atoms with van der Waals surface area (Å²) in [4.78, 5) is 11.6. The predicted octanol–water partition coefficient (Wildman–Crippen LogP) is 1.70. The van der Waals surface area contributed by atoms with Crippen LogP contribution in [0.2, 0.25) is 0 Å². The smallest absolute Gasteiger partial charge is 0.241 e. The van der Waals surface area contributed by atoms with E-state index in [-0.39, 0.29) is 11.7 Å². The second-order valence-electron chi connectivity index (χ2n) is 4.27. The molecule has 1 atom stereocenters. The maximum absolute atomic E-state index is 11.6.